The summed E-state index contributed by atoms with van der Waals surface area (Å²) >= 11 is 0. The van der Waals surface area contributed by atoms with Crippen molar-refractivity contribution in [3.63, 3.8) is 0 Å². The molecule has 0 aliphatic carbocycles. The highest BCUT2D eigenvalue weighted by Gasteiger charge is 2.22. The summed E-state index contributed by atoms with van der Waals surface area (Å²) in [6.07, 6.45) is 0. The molecule has 0 unspecified atom stereocenters. The van der Waals surface area contributed by atoms with Gasteiger partial charge in [-0.05, 0) is 112 Å². The Morgan fingerprint density at radius 1 is 0.328 bits per heavy atom. The fourth-order valence-electron chi connectivity index (χ4n) is 8.83. The molecule has 10 aromatic rings. The van der Waals surface area contributed by atoms with Gasteiger partial charge in [0.1, 0.15) is 11.2 Å². The Labute approximate surface area is 361 Å². The van der Waals surface area contributed by atoms with Crippen molar-refractivity contribution in [1.29, 1.82) is 0 Å². The lowest BCUT2D eigenvalue weighted by atomic mass is 9.94. The van der Waals surface area contributed by atoms with Crippen LogP contribution in [-0.2, 0) is 0 Å². The Balaban J connectivity index is 1.06. The summed E-state index contributed by atoms with van der Waals surface area (Å²) in [5.74, 6) is 0. The van der Waals surface area contributed by atoms with Crippen LogP contribution in [0.1, 0.15) is 0 Å². The summed E-state index contributed by atoms with van der Waals surface area (Å²) < 4.78 is 6.97. The van der Waals surface area contributed by atoms with E-state index in [0.717, 1.165) is 61.4 Å². The molecule has 9 aromatic carbocycles. The summed E-state index contributed by atoms with van der Waals surface area (Å²) in [6.45, 7) is 14.4. The third-order valence-corrected chi connectivity index (χ3v) is 16.3. The van der Waals surface area contributed by atoms with E-state index in [1.807, 2.05) is 0 Å². The lowest BCUT2D eigenvalue weighted by Crippen LogP contribution is -2.37. The Bertz CT molecular complexity index is 3180. The highest BCUT2D eigenvalue weighted by atomic mass is 28.3. The van der Waals surface area contributed by atoms with E-state index in [2.05, 4.69) is 243 Å². The van der Waals surface area contributed by atoms with Crippen molar-refractivity contribution in [1.82, 2.24) is 0 Å². The molecule has 0 spiro atoms. The van der Waals surface area contributed by atoms with Crippen LogP contribution in [0.5, 0.6) is 0 Å². The molecule has 0 aliphatic heterocycles. The van der Waals surface area contributed by atoms with Gasteiger partial charge in [-0.3, -0.25) is 0 Å². The normalized spacial score (nSPS) is 12.1. The molecule has 3 nitrogen and oxygen atoms in total. The molecule has 5 heteroatoms. The lowest BCUT2D eigenvalue weighted by Gasteiger charge is -2.26. The van der Waals surface area contributed by atoms with Gasteiger partial charge >= 0.3 is 0 Å². The molecule has 298 valence electrons. The van der Waals surface area contributed by atoms with Crippen molar-refractivity contribution in [2.75, 3.05) is 9.80 Å². The Morgan fingerprint density at radius 3 is 1.30 bits per heavy atom. The van der Waals surface area contributed by atoms with Crippen LogP contribution in [0.15, 0.2) is 199 Å². The average molecular weight is 823 g/mol. The van der Waals surface area contributed by atoms with Crippen LogP contribution in [0.25, 0.3) is 54.6 Å². The second-order valence-corrected chi connectivity index (χ2v) is 28.4. The van der Waals surface area contributed by atoms with E-state index in [4.69, 9.17) is 4.42 Å². The minimum atomic E-state index is -1.44. The van der Waals surface area contributed by atoms with Gasteiger partial charge in [0.05, 0.1) is 16.1 Å². The second kappa shape index (κ2) is 15.1. The van der Waals surface area contributed by atoms with Gasteiger partial charge in [-0.1, -0.05) is 153 Å². The number of hydrogen-bond donors (Lipinski definition) is 0. The fraction of sp³-hybridized carbons (Fsp3) is 0.107. The number of rotatable bonds is 9. The van der Waals surface area contributed by atoms with Crippen molar-refractivity contribution < 1.29 is 4.42 Å². The second-order valence-electron chi connectivity index (χ2n) is 18.3. The van der Waals surface area contributed by atoms with Crippen molar-refractivity contribution in [2.45, 2.75) is 39.3 Å². The molecule has 0 bridgehead atoms. The molecular formula is C56H50N2OSi2. The quantitative estimate of drug-likeness (QED) is 0.107. The average Bonchev–Trinajstić information content (AvgIpc) is 3.67. The van der Waals surface area contributed by atoms with E-state index in [9.17, 15) is 0 Å². The number of hydrogen-bond acceptors (Lipinski definition) is 3. The third kappa shape index (κ3) is 7.14. The number of anilines is 6. The monoisotopic (exact) mass is 822 g/mol. The molecule has 0 saturated carbocycles. The van der Waals surface area contributed by atoms with Crippen molar-refractivity contribution in [3.8, 4) is 11.1 Å². The highest BCUT2D eigenvalue weighted by Crippen LogP contribution is 2.44. The molecule has 1 aromatic heterocycles. The first-order valence-corrected chi connectivity index (χ1v) is 28.3. The van der Waals surface area contributed by atoms with Crippen molar-refractivity contribution in [3.05, 3.63) is 194 Å². The van der Waals surface area contributed by atoms with Gasteiger partial charge in [0.25, 0.3) is 0 Å². The maximum atomic E-state index is 6.97. The first kappa shape index (κ1) is 38.5. The standard InChI is InChI=1S/C56H50N2OSi2/c1-60(2,3)47-31-26-44(27-32-47)57(41-15-9-7-10-16-41)43-24-21-39(22-25-43)40-23-35-51-53(37-40)49-19-13-14-20-50(49)55-52-36-30-46(38-54(52)59-56(51)55)58(42-17-11-8-12-18-42)45-28-33-48(34-29-45)61(4,5)6/h7-38H,1-6H3. The van der Waals surface area contributed by atoms with E-state index in [-0.39, 0.29) is 0 Å². The highest BCUT2D eigenvalue weighted by molar-refractivity contribution is 6.89. The zero-order valence-electron chi connectivity index (χ0n) is 35.8. The SMILES string of the molecule is C[Si](C)(C)c1ccc(N(c2ccccc2)c2ccc(-c3ccc4c(c3)c3ccccc3c3c5ccc(N(c6ccccc6)c6ccc([Si](C)(C)C)cc6)cc5oc43)cc2)cc1. The Morgan fingerprint density at radius 2 is 0.754 bits per heavy atom. The van der Waals surface area contributed by atoms with E-state index >= 15 is 0 Å². The maximum absolute atomic E-state index is 6.97. The topological polar surface area (TPSA) is 19.6 Å². The van der Waals surface area contributed by atoms with Crippen LogP contribution >= 0.6 is 0 Å². The van der Waals surface area contributed by atoms with Crippen LogP contribution in [0.4, 0.5) is 34.1 Å². The minimum absolute atomic E-state index is 0.877. The van der Waals surface area contributed by atoms with E-state index in [1.165, 1.54) is 37.7 Å². The smallest absolute Gasteiger partial charge is 0.143 e. The molecule has 0 radical (unpaired) electrons. The van der Waals surface area contributed by atoms with Crippen LogP contribution in [0.2, 0.25) is 39.3 Å². The maximum Gasteiger partial charge on any atom is 0.143 e. The van der Waals surface area contributed by atoms with Crippen molar-refractivity contribution >= 4 is 104 Å². The molecule has 0 fully saturated rings. The van der Waals surface area contributed by atoms with E-state index in [0.29, 0.717) is 0 Å². The summed E-state index contributed by atoms with van der Waals surface area (Å²) in [7, 11) is -2.86. The summed E-state index contributed by atoms with van der Waals surface area (Å²) in [4.78, 5) is 4.68. The summed E-state index contributed by atoms with van der Waals surface area (Å²) in [6, 6.07) is 70.9. The largest absolute Gasteiger partial charge is 0.455 e. The molecule has 0 N–H and O–H groups in total. The van der Waals surface area contributed by atoms with Gasteiger partial charge < -0.3 is 14.2 Å². The fourth-order valence-corrected chi connectivity index (χ4v) is 11.2. The Kier molecular flexibility index (Phi) is 9.54. The molecule has 1 heterocycles. The van der Waals surface area contributed by atoms with Gasteiger partial charge in [-0.2, -0.15) is 0 Å². The first-order valence-electron chi connectivity index (χ1n) is 21.3. The number of nitrogens with zero attached hydrogens (tertiary/aromatic N) is 2. The number of para-hydroxylation sites is 2. The van der Waals surface area contributed by atoms with Gasteiger partial charge in [-0.15, -0.1) is 0 Å². The molecule has 61 heavy (non-hydrogen) atoms. The predicted octanol–water partition coefficient (Wildman–Crippen LogP) is 15.6. The molecule has 0 atom stereocenters. The molecule has 10 rings (SSSR count). The van der Waals surface area contributed by atoms with E-state index < -0.39 is 16.1 Å². The number of benzene rings is 9. The van der Waals surface area contributed by atoms with Gasteiger partial charge in [0.15, 0.2) is 0 Å². The summed E-state index contributed by atoms with van der Waals surface area (Å²) in [5, 5.41) is 9.91. The van der Waals surface area contributed by atoms with Crippen molar-refractivity contribution in [2.24, 2.45) is 0 Å². The minimum Gasteiger partial charge on any atom is -0.455 e. The van der Waals surface area contributed by atoms with Gasteiger partial charge in [0.2, 0.25) is 0 Å². The van der Waals surface area contributed by atoms with E-state index in [1.54, 1.807) is 0 Å². The predicted molar refractivity (Wildman–Crippen MR) is 269 cm³/mol. The van der Waals surface area contributed by atoms with Crippen LogP contribution in [-0.4, -0.2) is 16.1 Å². The molecule has 0 saturated heterocycles. The summed E-state index contributed by atoms with van der Waals surface area (Å²) in [5.41, 5.74) is 10.9. The zero-order chi connectivity index (χ0) is 41.9. The van der Waals surface area contributed by atoms with Crippen LogP contribution < -0.4 is 20.2 Å². The first-order chi connectivity index (χ1) is 29.5. The lowest BCUT2D eigenvalue weighted by molar-refractivity contribution is 0.673. The Hall–Kier alpha value is -6.67. The van der Waals surface area contributed by atoms with Crippen LogP contribution in [0, 0.1) is 0 Å². The molecule has 0 amide bonds. The molecular weight excluding hydrogens is 773 g/mol. The number of fused-ring (bicyclic) bond motifs is 8. The molecule has 0 aliphatic rings. The number of furan rings is 1. The third-order valence-electron chi connectivity index (χ3n) is 12.2. The zero-order valence-corrected chi connectivity index (χ0v) is 37.8. The van der Waals surface area contributed by atoms with Gasteiger partial charge in [-0.25, -0.2) is 0 Å². The van der Waals surface area contributed by atoms with Crippen LogP contribution in [0.3, 0.4) is 0 Å². The van der Waals surface area contributed by atoms with Gasteiger partial charge in [0, 0.05) is 56.3 Å².